The van der Waals surface area contributed by atoms with E-state index in [2.05, 4.69) is 64.5 Å². The zero-order valence-electron chi connectivity index (χ0n) is 26.7. The Hall–Kier alpha value is -3.20. The van der Waals surface area contributed by atoms with Crippen molar-refractivity contribution in [2.75, 3.05) is 64.8 Å². The van der Waals surface area contributed by atoms with E-state index >= 15 is 0 Å². The first-order valence-electron chi connectivity index (χ1n) is 15.6. The SMILES string of the molecule is CCOCCOCCBr.CCOCCOCCOc1ccc(Cc2ccccc2)cc1.Oc1ccc(Cc2ccccc2)cc1. The minimum absolute atomic E-state index is 0.321. The van der Waals surface area contributed by atoms with Crippen LogP contribution in [0.1, 0.15) is 36.1 Å². The van der Waals surface area contributed by atoms with Gasteiger partial charge in [0.05, 0.1) is 39.6 Å². The van der Waals surface area contributed by atoms with Gasteiger partial charge < -0.3 is 28.8 Å². The summed E-state index contributed by atoms with van der Waals surface area (Å²) in [6.45, 7) is 10.1. The lowest BCUT2D eigenvalue weighted by Crippen LogP contribution is -2.10. The van der Waals surface area contributed by atoms with Crippen LogP contribution in [0.2, 0.25) is 0 Å². The first-order valence-corrected chi connectivity index (χ1v) is 16.7. The Morgan fingerprint density at radius 3 is 1.33 bits per heavy atom. The van der Waals surface area contributed by atoms with E-state index in [-0.39, 0.29) is 0 Å². The molecule has 0 heterocycles. The van der Waals surface area contributed by atoms with Crippen LogP contribution in [0.5, 0.6) is 11.5 Å². The summed E-state index contributed by atoms with van der Waals surface area (Å²) in [6.07, 6.45) is 1.86. The number of ether oxygens (including phenoxy) is 5. The summed E-state index contributed by atoms with van der Waals surface area (Å²) < 4.78 is 26.4. The summed E-state index contributed by atoms with van der Waals surface area (Å²) in [7, 11) is 0. The lowest BCUT2D eigenvalue weighted by Gasteiger charge is -2.08. The summed E-state index contributed by atoms with van der Waals surface area (Å²) >= 11 is 3.25. The highest BCUT2D eigenvalue weighted by Gasteiger charge is 1.99. The monoisotopic (exact) mass is 680 g/mol. The van der Waals surface area contributed by atoms with Crippen LogP contribution in [-0.4, -0.2) is 69.9 Å². The normalized spacial score (nSPS) is 10.3. The summed E-state index contributed by atoms with van der Waals surface area (Å²) in [5.74, 6) is 1.20. The number of phenolic OH excluding ortho intramolecular Hbond substituents is 1. The van der Waals surface area contributed by atoms with Crippen LogP contribution in [-0.2, 0) is 31.8 Å². The first kappa shape index (κ1) is 38.0. The van der Waals surface area contributed by atoms with Crippen LogP contribution in [0.4, 0.5) is 0 Å². The number of hydrogen-bond donors (Lipinski definition) is 1. The molecule has 4 aromatic rings. The van der Waals surface area contributed by atoms with Crippen LogP contribution in [0.15, 0.2) is 109 Å². The fraction of sp³-hybridized carbons (Fsp3) is 0.368. The van der Waals surface area contributed by atoms with E-state index in [1.54, 1.807) is 12.1 Å². The zero-order valence-corrected chi connectivity index (χ0v) is 28.3. The molecular formula is C38H49BrO6. The Kier molecular flexibility index (Phi) is 22.0. The van der Waals surface area contributed by atoms with Crippen molar-refractivity contribution in [1.82, 2.24) is 0 Å². The largest absolute Gasteiger partial charge is 0.508 e. The van der Waals surface area contributed by atoms with Gasteiger partial charge in [-0.05, 0) is 73.2 Å². The van der Waals surface area contributed by atoms with Crippen molar-refractivity contribution in [1.29, 1.82) is 0 Å². The second-order valence-corrected chi connectivity index (χ2v) is 10.6. The number of benzene rings is 4. The standard InChI is InChI=1S/C19H24O3.C13H12O.C6H13BrO2/c1-2-20-12-13-21-14-15-22-19-10-8-18(9-11-19)16-17-6-4-3-5-7-17;14-13-8-6-12(7-9-13)10-11-4-2-1-3-5-11;1-2-8-5-6-9-4-3-7/h3-11H,2,12-16H2,1H3;1-9,14H,10H2;2-6H2,1H3. The highest BCUT2D eigenvalue weighted by molar-refractivity contribution is 9.09. The van der Waals surface area contributed by atoms with Gasteiger partial charge in [-0.15, -0.1) is 0 Å². The van der Waals surface area contributed by atoms with E-state index in [4.69, 9.17) is 28.8 Å². The van der Waals surface area contributed by atoms with Crippen molar-refractivity contribution in [2.24, 2.45) is 0 Å². The van der Waals surface area contributed by atoms with Crippen LogP contribution < -0.4 is 4.74 Å². The number of hydrogen-bond acceptors (Lipinski definition) is 6. The van der Waals surface area contributed by atoms with Gasteiger partial charge in [-0.25, -0.2) is 0 Å². The average Bonchev–Trinajstić information content (AvgIpc) is 3.08. The molecular weight excluding hydrogens is 632 g/mol. The van der Waals surface area contributed by atoms with Gasteiger partial charge in [-0.2, -0.15) is 0 Å². The minimum atomic E-state index is 0.321. The van der Waals surface area contributed by atoms with Gasteiger partial charge in [0.15, 0.2) is 0 Å². The lowest BCUT2D eigenvalue weighted by molar-refractivity contribution is 0.0405. The topological polar surface area (TPSA) is 66.4 Å². The highest BCUT2D eigenvalue weighted by Crippen LogP contribution is 2.15. The molecule has 0 spiro atoms. The Labute approximate surface area is 278 Å². The van der Waals surface area contributed by atoms with Gasteiger partial charge in [-0.3, -0.25) is 0 Å². The number of halogens is 1. The number of phenols is 1. The van der Waals surface area contributed by atoms with E-state index in [0.717, 1.165) is 43.7 Å². The predicted octanol–water partition coefficient (Wildman–Crippen LogP) is 8.13. The molecule has 0 amide bonds. The zero-order chi connectivity index (χ0) is 32.2. The molecule has 6 nitrogen and oxygen atoms in total. The van der Waals surface area contributed by atoms with E-state index in [1.165, 1.54) is 22.3 Å². The third-order valence-electron chi connectivity index (χ3n) is 6.23. The van der Waals surface area contributed by atoms with E-state index in [0.29, 0.717) is 45.4 Å². The number of alkyl halides is 1. The molecule has 244 valence electrons. The van der Waals surface area contributed by atoms with Crippen molar-refractivity contribution in [3.63, 3.8) is 0 Å². The number of aromatic hydroxyl groups is 1. The van der Waals surface area contributed by atoms with E-state index in [1.807, 2.05) is 62.4 Å². The molecule has 0 bridgehead atoms. The molecule has 0 aliphatic rings. The Morgan fingerprint density at radius 2 is 0.867 bits per heavy atom. The third kappa shape index (κ3) is 19.7. The van der Waals surface area contributed by atoms with Gasteiger partial charge in [0, 0.05) is 18.5 Å². The molecule has 0 atom stereocenters. The van der Waals surface area contributed by atoms with E-state index < -0.39 is 0 Å². The molecule has 45 heavy (non-hydrogen) atoms. The fourth-order valence-corrected chi connectivity index (χ4v) is 4.21. The molecule has 0 saturated heterocycles. The van der Waals surface area contributed by atoms with Crippen LogP contribution in [0.25, 0.3) is 0 Å². The highest BCUT2D eigenvalue weighted by atomic mass is 79.9. The molecule has 0 fully saturated rings. The van der Waals surface area contributed by atoms with Crippen molar-refractivity contribution < 1.29 is 28.8 Å². The van der Waals surface area contributed by atoms with Crippen LogP contribution in [0, 0.1) is 0 Å². The Morgan fingerprint density at radius 1 is 0.467 bits per heavy atom. The quantitative estimate of drug-likeness (QED) is 0.0846. The lowest BCUT2D eigenvalue weighted by atomic mass is 10.1. The third-order valence-corrected chi connectivity index (χ3v) is 6.56. The molecule has 0 aliphatic carbocycles. The van der Waals surface area contributed by atoms with Crippen molar-refractivity contribution in [3.8, 4) is 11.5 Å². The molecule has 7 heteroatoms. The Bertz CT molecular complexity index is 1200. The molecule has 1 N–H and O–H groups in total. The van der Waals surface area contributed by atoms with Crippen molar-refractivity contribution in [3.05, 3.63) is 131 Å². The van der Waals surface area contributed by atoms with Crippen molar-refractivity contribution in [2.45, 2.75) is 26.7 Å². The van der Waals surface area contributed by atoms with Gasteiger partial charge in [0.25, 0.3) is 0 Å². The van der Waals surface area contributed by atoms with Gasteiger partial charge in [0.2, 0.25) is 0 Å². The summed E-state index contributed by atoms with van der Waals surface area (Å²) in [5.41, 5.74) is 5.11. The smallest absolute Gasteiger partial charge is 0.119 e. The molecule has 4 rings (SSSR count). The molecule has 0 aromatic heterocycles. The minimum Gasteiger partial charge on any atom is -0.508 e. The number of rotatable bonds is 18. The molecule has 0 aliphatic heterocycles. The van der Waals surface area contributed by atoms with E-state index in [9.17, 15) is 0 Å². The Balaban J connectivity index is 0.000000262. The van der Waals surface area contributed by atoms with Gasteiger partial charge in [-0.1, -0.05) is 101 Å². The molecule has 4 aromatic carbocycles. The van der Waals surface area contributed by atoms with Crippen LogP contribution in [0.3, 0.4) is 0 Å². The predicted molar refractivity (Wildman–Crippen MR) is 187 cm³/mol. The fourth-order valence-electron chi connectivity index (χ4n) is 3.98. The molecule has 0 unspecified atom stereocenters. The summed E-state index contributed by atoms with van der Waals surface area (Å²) in [5, 5.41) is 10.0. The average molecular weight is 682 g/mol. The second kappa shape index (κ2) is 26.1. The molecule has 0 saturated carbocycles. The second-order valence-electron chi connectivity index (χ2n) is 9.79. The summed E-state index contributed by atoms with van der Waals surface area (Å²) in [6, 6.07) is 36.3. The first-order chi connectivity index (χ1) is 22.1. The van der Waals surface area contributed by atoms with Gasteiger partial charge in [0.1, 0.15) is 18.1 Å². The van der Waals surface area contributed by atoms with Crippen LogP contribution >= 0.6 is 15.9 Å². The van der Waals surface area contributed by atoms with Gasteiger partial charge >= 0.3 is 0 Å². The maximum absolute atomic E-state index is 9.12. The maximum Gasteiger partial charge on any atom is 0.119 e. The maximum atomic E-state index is 9.12. The summed E-state index contributed by atoms with van der Waals surface area (Å²) in [4.78, 5) is 0. The molecule has 0 radical (unpaired) electrons. The van der Waals surface area contributed by atoms with Crippen molar-refractivity contribution >= 4 is 15.9 Å².